The van der Waals surface area contributed by atoms with Crippen LogP contribution < -0.4 is 5.73 Å². The van der Waals surface area contributed by atoms with Gasteiger partial charge in [0.1, 0.15) is 6.07 Å². The molecule has 0 fully saturated rings. The molecule has 0 spiro atoms. The third kappa shape index (κ3) is 3.05. The van der Waals surface area contributed by atoms with Gasteiger partial charge in [-0.3, -0.25) is 4.68 Å². The number of benzene rings is 1. The van der Waals surface area contributed by atoms with Crippen LogP contribution in [0.4, 0.5) is 5.69 Å². The molecule has 0 saturated carbocycles. The molecule has 0 aliphatic heterocycles. The Morgan fingerprint density at radius 2 is 2.12 bits per heavy atom. The maximum Gasteiger partial charge on any atom is 0.357 e. The number of esters is 1. The summed E-state index contributed by atoms with van der Waals surface area (Å²) in [7, 11) is 1.28. The molecule has 0 aliphatic rings. The second kappa shape index (κ2) is 6.76. The van der Waals surface area contributed by atoms with Crippen molar-refractivity contribution in [2.45, 2.75) is 20.4 Å². The van der Waals surface area contributed by atoms with Crippen LogP contribution in [0.15, 0.2) is 36.5 Å². The predicted octanol–water partition coefficient (Wildman–Crippen LogP) is 2.58. The van der Waals surface area contributed by atoms with Crippen LogP contribution in [0.1, 0.15) is 33.0 Å². The number of nitrogen functional groups attached to an aromatic ring is 1. The Hall–Kier alpha value is -3.53. The van der Waals surface area contributed by atoms with E-state index < -0.39 is 5.97 Å². The monoisotopic (exact) mass is 349 g/mol. The molecule has 0 unspecified atom stereocenters. The van der Waals surface area contributed by atoms with Gasteiger partial charge in [-0.25, -0.2) is 4.79 Å². The molecule has 2 heterocycles. The Labute approximate surface area is 151 Å². The molecule has 3 aromatic rings. The lowest BCUT2D eigenvalue weighted by atomic mass is 10.2. The third-order valence-electron chi connectivity index (χ3n) is 4.17. The highest BCUT2D eigenvalue weighted by atomic mass is 16.5. The van der Waals surface area contributed by atoms with Crippen molar-refractivity contribution in [3.05, 3.63) is 64.7 Å². The molecule has 132 valence electrons. The van der Waals surface area contributed by atoms with Crippen LogP contribution in [0.3, 0.4) is 0 Å². The summed E-state index contributed by atoms with van der Waals surface area (Å²) in [6.07, 6.45) is 1.55. The molecule has 26 heavy (non-hydrogen) atoms. The van der Waals surface area contributed by atoms with E-state index >= 15 is 0 Å². The molecular weight excluding hydrogens is 330 g/mol. The van der Waals surface area contributed by atoms with Crippen LogP contribution in [-0.2, 0) is 11.3 Å². The highest BCUT2D eigenvalue weighted by Crippen LogP contribution is 2.25. The van der Waals surface area contributed by atoms with Crippen LogP contribution in [0.25, 0.3) is 5.69 Å². The van der Waals surface area contributed by atoms with Crippen LogP contribution in [0.5, 0.6) is 0 Å². The lowest BCUT2D eigenvalue weighted by molar-refractivity contribution is 0.0593. The fraction of sp³-hybridized carbons (Fsp3) is 0.211. The third-order valence-corrected chi connectivity index (χ3v) is 4.17. The zero-order valence-electron chi connectivity index (χ0n) is 14.9. The predicted molar refractivity (Wildman–Crippen MR) is 97.0 cm³/mol. The Bertz CT molecular complexity index is 1020. The number of methoxy groups -OCH3 is 1. The number of carbonyl (C=O) groups excluding carboxylic acids is 1. The van der Waals surface area contributed by atoms with Crippen molar-refractivity contribution in [1.29, 1.82) is 5.26 Å². The minimum absolute atomic E-state index is 0.114. The van der Waals surface area contributed by atoms with Gasteiger partial charge in [0, 0.05) is 17.6 Å². The highest BCUT2D eigenvalue weighted by Gasteiger charge is 2.21. The number of aryl methyl sites for hydroxylation is 2. The number of ether oxygens (including phenoxy) is 1. The maximum atomic E-state index is 12.1. The lowest BCUT2D eigenvalue weighted by Gasteiger charge is -2.11. The van der Waals surface area contributed by atoms with Gasteiger partial charge in [-0.1, -0.05) is 12.1 Å². The highest BCUT2D eigenvalue weighted by molar-refractivity contribution is 5.95. The van der Waals surface area contributed by atoms with Gasteiger partial charge in [-0.15, -0.1) is 0 Å². The molecule has 0 radical (unpaired) electrons. The number of nitrogens with zero attached hydrogens (tertiary/aromatic N) is 4. The standard InChI is InChI=1S/C19H19N5O2/c1-12-7-13(2)24(22-12)10-14-5-4-6-16(8-14)23-11-15(9-20)17(21)18(23)19(25)26-3/h4-8,11H,10,21H2,1-3H3. The summed E-state index contributed by atoms with van der Waals surface area (Å²) in [6.45, 7) is 4.56. The molecule has 7 nitrogen and oxygen atoms in total. The summed E-state index contributed by atoms with van der Waals surface area (Å²) in [6, 6.07) is 11.7. The van der Waals surface area contributed by atoms with E-state index in [2.05, 4.69) is 5.10 Å². The van der Waals surface area contributed by atoms with E-state index in [0.29, 0.717) is 6.54 Å². The summed E-state index contributed by atoms with van der Waals surface area (Å²) < 4.78 is 8.32. The number of rotatable bonds is 4. The number of aromatic nitrogens is 3. The molecule has 1 aromatic carbocycles. The van der Waals surface area contributed by atoms with E-state index in [1.807, 2.05) is 54.9 Å². The normalized spacial score (nSPS) is 10.5. The van der Waals surface area contributed by atoms with Crippen molar-refractivity contribution in [3.8, 4) is 11.8 Å². The topological polar surface area (TPSA) is 98.9 Å². The Morgan fingerprint density at radius 1 is 1.35 bits per heavy atom. The summed E-state index contributed by atoms with van der Waals surface area (Å²) in [4.78, 5) is 12.1. The number of anilines is 1. The SMILES string of the molecule is COC(=O)c1c(N)c(C#N)cn1-c1cccc(Cn2nc(C)cc2C)c1. The largest absolute Gasteiger partial charge is 0.464 e. The van der Waals surface area contributed by atoms with Crippen molar-refractivity contribution in [2.75, 3.05) is 12.8 Å². The van der Waals surface area contributed by atoms with Gasteiger partial charge in [0.15, 0.2) is 5.69 Å². The van der Waals surface area contributed by atoms with E-state index in [0.717, 1.165) is 22.6 Å². The molecule has 0 amide bonds. The number of carbonyl (C=O) groups is 1. The Kier molecular flexibility index (Phi) is 4.50. The summed E-state index contributed by atoms with van der Waals surface area (Å²) in [5.74, 6) is -0.590. The second-order valence-corrected chi connectivity index (χ2v) is 6.03. The maximum absolute atomic E-state index is 12.1. The average Bonchev–Trinajstić information content (AvgIpc) is 3.13. The van der Waals surface area contributed by atoms with Gasteiger partial charge in [-0.05, 0) is 37.6 Å². The molecule has 0 saturated heterocycles. The molecule has 2 N–H and O–H groups in total. The van der Waals surface area contributed by atoms with Crippen molar-refractivity contribution >= 4 is 11.7 Å². The molecule has 3 rings (SSSR count). The first-order chi connectivity index (χ1) is 12.4. The van der Waals surface area contributed by atoms with Crippen molar-refractivity contribution in [2.24, 2.45) is 0 Å². The molecule has 2 aromatic heterocycles. The van der Waals surface area contributed by atoms with Crippen molar-refractivity contribution in [3.63, 3.8) is 0 Å². The number of nitrogens with two attached hydrogens (primary N) is 1. The van der Waals surface area contributed by atoms with E-state index in [1.165, 1.54) is 7.11 Å². The van der Waals surface area contributed by atoms with Crippen LogP contribution in [-0.4, -0.2) is 27.4 Å². The summed E-state index contributed by atoms with van der Waals surface area (Å²) >= 11 is 0. The van der Waals surface area contributed by atoms with Crippen LogP contribution in [0.2, 0.25) is 0 Å². The van der Waals surface area contributed by atoms with Gasteiger partial charge in [0.25, 0.3) is 0 Å². The van der Waals surface area contributed by atoms with E-state index in [9.17, 15) is 10.1 Å². The Balaban J connectivity index is 2.05. The second-order valence-electron chi connectivity index (χ2n) is 6.03. The molecule has 7 heteroatoms. The van der Waals surface area contributed by atoms with Crippen LogP contribution in [0, 0.1) is 25.2 Å². The van der Waals surface area contributed by atoms with Crippen molar-refractivity contribution < 1.29 is 9.53 Å². The first-order valence-electron chi connectivity index (χ1n) is 8.04. The molecule has 0 aliphatic carbocycles. The number of hydrogen-bond donors (Lipinski definition) is 1. The van der Waals surface area contributed by atoms with Gasteiger partial charge >= 0.3 is 5.97 Å². The van der Waals surface area contributed by atoms with Crippen LogP contribution >= 0.6 is 0 Å². The Morgan fingerprint density at radius 3 is 2.73 bits per heavy atom. The van der Waals surface area contributed by atoms with E-state index in [4.69, 9.17) is 10.5 Å². The van der Waals surface area contributed by atoms with Gasteiger partial charge in [0.2, 0.25) is 0 Å². The summed E-state index contributed by atoms with van der Waals surface area (Å²) in [5.41, 5.74) is 10.2. The fourth-order valence-electron chi connectivity index (χ4n) is 2.93. The van der Waals surface area contributed by atoms with E-state index in [1.54, 1.807) is 10.8 Å². The smallest absolute Gasteiger partial charge is 0.357 e. The minimum atomic E-state index is -0.590. The molecule has 0 bridgehead atoms. The first-order valence-corrected chi connectivity index (χ1v) is 8.04. The van der Waals surface area contributed by atoms with Gasteiger partial charge < -0.3 is 15.0 Å². The number of nitriles is 1. The summed E-state index contributed by atoms with van der Waals surface area (Å²) in [5, 5.41) is 13.7. The van der Waals surface area contributed by atoms with E-state index in [-0.39, 0.29) is 16.9 Å². The molecule has 0 atom stereocenters. The minimum Gasteiger partial charge on any atom is -0.464 e. The molecular formula is C19H19N5O2. The fourth-order valence-corrected chi connectivity index (χ4v) is 2.93. The first kappa shape index (κ1) is 17.3. The lowest BCUT2D eigenvalue weighted by Crippen LogP contribution is -2.11. The average molecular weight is 349 g/mol. The number of hydrogen-bond acceptors (Lipinski definition) is 5. The van der Waals surface area contributed by atoms with Gasteiger partial charge in [-0.2, -0.15) is 10.4 Å². The zero-order chi connectivity index (χ0) is 18.8. The van der Waals surface area contributed by atoms with Gasteiger partial charge in [0.05, 0.1) is 30.6 Å². The zero-order valence-corrected chi connectivity index (χ0v) is 14.9. The quantitative estimate of drug-likeness (QED) is 0.730. The van der Waals surface area contributed by atoms with Crippen molar-refractivity contribution in [1.82, 2.24) is 14.3 Å².